The molecule has 6 nitrogen and oxygen atoms in total. The van der Waals surface area contributed by atoms with Crippen molar-refractivity contribution in [2.75, 3.05) is 10.6 Å². The van der Waals surface area contributed by atoms with Crippen molar-refractivity contribution in [3.63, 3.8) is 0 Å². The second kappa shape index (κ2) is 5.90. The largest absolute Gasteiger partial charge is 0.374 e. The number of rotatable bonds is 5. The predicted octanol–water partition coefficient (Wildman–Crippen LogP) is 2.06. The van der Waals surface area contributed by atoms with Gasteiger partial charge in [-0.3, -0.25) is 14.6 Å². The third-order valence-electron chi connectivity index (χ3n) is 4.07. The van der Waals surface area contributed by atoms with E-state index in [1.54, 1.807) is 6.20 Å². The summed E-state index contributed by atoms with van der Waals surface area (Å²) in [5, 5.41) is 6.04. The zero-order valence-corrected chi connectivity index (χ0v) is 12.8. The molecule has 0 atom stereocenters. The molecule has 0 saturated heterocycles. The van der Waals surface area contributed by atoms with Crippen molar-refractivity contribution in [2.45, 2.75) is 19.8 Å². The Morgan fingerprint density at radius 2 is 1.83 bits per heavy atom. The number of anilines is 3. The van der Waals surface area contributed by atoms with E-state index in [-0.39, 0.29) is 0 Å². The van der Waals surface area contributed by atoms with Crippen LogP contribution in [0.3, 0.4) is 0 Å². The highest BCUT2D eigenvalue weighted by Crippen LogP contribution is 2.26. The normalized spacial score (nSPS) is 13.0. The molecule has 2 aromatic carbocycles. The van der Waals surface area contributed by atoms with E-state index in [1.807, 2.05) is 36.4 Å². The van der Waals surface area contributed by atoms with Crippen LogP contribution in [0.4, 0.5) is 17.1 Å². The second-order valence-electron chi connectivity index (χ2n) is 5.68. The molecule has 0 fully saturated rings. The van der Waals surface area contributed by atoms with Crippen molar-refractivity contribution in [1.29, 1.82) is 0 Å². The first-order valence-corrected chi connectivity index (χ1v) is 7.66. The fraction of sp³-hybridized carbons (Fsp3) is 0.167. The number of hydrogen-bond acceptors (Lipinski definition) is 6. The summed E-state index contributed by atoms with van der Waals surface area (Å²) in [5.74, 6) is 0. The van der Waals surface area contributed by atoms with E-state index in [1.165, 1.54) is 0 Å². The Kier molecular flexibility index (Phi) is 3.59. The highest BCUT2D eigenvalue weighted by Gasteiger charge is 2.21. The van der Waals surface area contributed by atoms with E-state index < -0.39 is 10.9 Å². The monoisotopic (exact) mass is 321 g/mol. The summed E-state index contributed by atoms with van der Waals surface area (Å²) >= 11 is 0. The summed E-state index contributed by atoms with van der Waals surface area (Å²) in [6.45, 7) is 1.58. The molecule has 2 heterocycles. The molecular formula is C18H15N3O3. The first kappa shape index (κ1) is 14.6. The van der Waals surface area contributed by atoms with Gasteiger partial charge >= 0.3 is 0 Å². The summed E-state index contributed by atoms with van der Waals surface area (Å²) < 4.78 is 5.38. The Labute approximate surface area is 137 Å². The fourth-order valence-corrected chi connectivity index (χ4v) is 2.76. The molecule has 0 aliphatic carbocycles. The number of fused-ring (bicyclic) bond motifs is 1. The van der Waals surface area contributed by atoms with E-state index in [2.05, 4.69) is 15.6 Å². The maximum absolute atomic E-state index is 11.9. The molecule has 24 heavy (non-hydrogen) atoms. The summed E-state index contributed by atoms with van der Waals surface area (Å²) in [6, 6.07) is 11.3. The molecule has 0 spiro atoms. The van der Waals surface area contributed by atoms with Crippen LogP contribution in [-0.2, 0) is 24.5 Å². The van der Waals surface area contributed by atoms with Crippen LogP contribution in [-0.4, -0.2) is 4.98 Å². The van der Waals surface area contributed by atoms with E-state index >= 15 is 0 Å². The number of hydrogen-bond donors (Lipinski definition) is 2. The van der Waals surface area contributed by atoms with Crippen LogP contribution in [0.2, 0.25) is 0 Å². The van der Waals surface area contributed by atoms with Crippen molar-refractivity contribution < 1.29 is 4.74 Å². The predicted molar refractivity (Wildman–Crippen MR) is 91.1 cm³/mol. The standard InChI is InChI=1S/C18H15N3O3/c22-17-15(20-8-14-3-1-2-6-19-14)16(18(17)23)21-13-5-4-11-9-24-10-12(11)7-13/h1-7,20-21H,8-10H2. The summed E-state index contributed by atoms with van der Waals surface area (Å²) in [4.78, 5) is 27.9. The van der Waals surface area contributed by atoms with Gasteiger partial charge in [0.2, 0.25) is 0 Å². The molecular weight excluding hydrogens is 306 g/mol. The van der Waals surface area contributed by atoms with Crippen LogP contribution in [0.1, 0.15) is 16.8 Å². The highest BCUT2D eigenvalue weighted by molar-refractivity contribution is 5.78. The van der Waals surface area contributed by atoms with E-state index in [4.69, 9.17) is 4.74 Å². The van der Waals surface area contributed by atoms with Gasteiger partial charge in [0.15, 0.2) is 0 Å². The maximum atomic E-state index is 11.9. The minimum absolute atomic E-state index is 0.301. The van der Waals surface area contributed by atoms with Crippen molar-refractivity contribution in [1.82, 2.24) is 4.98 Å². The lowest BCUT2D eigenvalue weighted by atomic mass is 10.1. The third-order valence-corrected chi connectivity index (χ3v) is 4.07. The molecule has 1 aromatic heterocycles. The molecule has 1 aliphatic rings. The molecule has 6 heteroatoms. The Hall–Kier alpha value is -2.99. The van der Waals surface area contributed by atoms with Gasteiger partial charge in [0.25, 0.3) is 10.9 Å². The van der Waals surface area contributed by atoms with Crippen LogP contribution in [0.25, 0.3) is 0 Å². The second-order valence-corrected chi connectivity index (χ2v) is 5.68. The van der Waals surface area contributed by atoms with Crippen molar-refractivity contribution >= 4 is 17.1 Å². The van der Waals surface area contributed by atoms with Crippen LogP contribution >= 0.6 is 0 Å². The van der Waals surface area contributed by atoms with E-state index in [0.717, 1.165) is 22.5 Å². The summed E-state index contributed by atoms with van der Waals surface area (Å²) in [5.41, 5.74) is 3.42. The Bertz CT molecular complexity index is 960. The molecule has 0 unspecified atom stereocenters. The summed E-state index contributed by atoms with van der Waals surface area (Å²) in [6.07, 6.45) is 1.69. The van der Waals surface area contributed by atoms with Gasteiger partial charge in [0.1, 0.15) is 11.4 Å². The molecule has 0 bridgehead atoms. The molecule has 1 aliphatic heterocycles. The molecule has 0 amide bonds. The lowest BCUT2D eigenvalue weighted by molar-refractivity contribution is 0.134. The van der Waals surface area contributed by atoms with E-state index in [0.29, 0.717) is 31.1 Å². The average molecular weight is 321 g/mol. The SMILES string of the molecule is O=c1c(NCc2ccccn2)c(Nc2ccc3c(c2)COC3)c1=O. The number of aromatic nitrogens is 1. The fourth-order valence-electron chi connectivity index (χ4n) is 2.76. The summed E-state index contributed by atoms with van der Waals surface area (Å²) in [7, 11) is 0. The van der Waals surface area contributed by atoms with Crippen molar-refractivity contribution in [3.05, 3.63) is 79.9 Å². The van der Waals surface area contributed by atoms with Gasteiger partial charge in [0, 0.05) is 11.9 Å². The van der Waals surface area contributed by atoms with Crippen LogP contribution in [0, 0.1) is 0 Å². The zero-order chi connectivity index (χ0) is 16.5. The molecule has 0 saturated carbocycles. The average Bonchev–Trinajstić information content (AvgIpc) is 3.09. The third kappa shape index (κ3) is 2.57. The molecule has 120 valence electrons. The number of ether oxygens (including phenoxy) is 1. The first-order chi connectivity index (χ1) is 11.7. The molecule has 3 aromatic rings. The number of pyridine rings is 1. The molecule has 2 N–H and O–H groups in total. The van der Waals surface area contributed by atoms with Gasteiger partial charge in [-0.15, -0.1) is 0 Å². The lowest BCUT2D eigenvalue weighted by Crippen LogP contribution is -2.36. The zero-order valence-electron chi connectivity index (χ0n) is 12.8. The van der Waals surface area contributed by atoms with Gasteiger partial charge in [-0.25, -0.2) is 0 Å². The topological polar surface area (TPSA) is 80.3 Å². The Morgan fingerprint density at radius 3 is 2.67 bits per heavy atom. The minimum atomic E-state index is -0.504. The number of nitrogens with zero attached hydrogens (tertiary/aromatic N) is 1. The van der Waals surface area contributed by atoms with Gasteiger partial charge in [-0.05, 0) is 35.4 Å². The maximum Gasteiger partial charge on any atom is 0.253 e. The quantitative estimate of drug-likeness (QED) is 0.700. The van der Waals surface area contributed by atoms with Crippen LogP contribution < -0.4 is 21.5 Å². The van der Waals surface area contributed by atoms with Gasteiger partial charge in [-0.1, -0.05) is 12.1 Å². The number of benzene rings is 1. The minimum Gasteiger partial charge on any atom is -0.374 e. The first-order valence-electron chi connectivity index (χ1n) is 7.66. The Balaban J connectivity index is 1.53. The molecule has 4 rings (SSSR count). The van der Waals surface area contributed by atoms with Crippen molar-refractivity contribution in [2.24, 2.45) is 0 Å². The van der Waals surface area contributed by atoms with Crippen LogP contribution in [0.15, 0.2) is 52.2 Å². The Morgan fingerprint density at radius 1 is 1.00 bits per heavy atom. The highest BCUT2D eigenvalue weighted by atomic mass is 16.5. The van der Waals surface area contributed by atoms with Crippen molar-refractivity contribution in [3.8, 4) is 0 Å². The smallest absolute Gasteiger partial charge is 0.253 e. The molecule has 0 radical (unpaired) electrons. The lowest BCUT2D eigenvalue weighted by Gasteiger charge is -2.15. The van der Waals surface area contributed by atoms with Gasteiger partial charge in [-0.2, -0.15) is 0 Å². The number of nitrogens with one attached hydrogen (secondary N) is 2. The van der Waals surface area contributed by atoms with Gasteiger partial charge in [0.05, 0.1) is 25.5 Å². The van der Waals surface area contributed by atoms with Gasteiger partial charge < -0.3 is 15.4 Å². The van der Waals surface area contributed by atoms with E-state index in [9.17, 15) is 9.59 Å². The van der Waals surface area contributed by atoms with Crippen LogP contribution in [0.5, 0.6) is 0 Å².